The number of nitrogens with zero attached hydrogens (tertiary/aromatic N) is 3. The number of sulfonamides is 1. The Morgan fingerprint density at radius 3 is 2.83 bits per heavy atom. The van der Waals surface area contributed by atoms with Crippen molar-refractivity contribution >= 4 is 10.0 Å². The van der Waals surface area contributed by atoms with Crippen molar-refractivity contribution in [1.82, 2.24) is 19.5 Å². The van der Waals surface area contributed by atoms with Crippen molar-refractivity contribution < 1.29 is 13.5 Å². The van der Waals surface area contributed by atoms with Gasteiger partial charge in [-0.15, -0.1) is 0 Å². The Morgan fingerprint density at radius 1 is 1.44 bits per heavy atom. The Morgan fingerprint density at radius 2 is 2.22 bits per heavy atom. The molecular weight excluding hydrogens is 256 g/mol. The van der Waals surface area contributed by atoms with Gasteiger partial charge in [-0.3, -0.25) is 4.68 Å². The molecule has 0 aliphatic carbocycles. The number of rotatable bonds is 4. The lowest BCUT2D eigenvalue weighted by Gasteiger charge is -2.05. The molecule has 96 valence electrons. The molecule has 2 aromatic rings. The molecule has 0 saturated heterocycles. The summed E-state index contributed by atoms with van der Waals surface area (Å²) in [6, 6.07) is 5.43. The van der Waals surface area contributed by atoms with Gasteiger partial charge in [0.1, 0.15) is 12.1 Å². The topological polar surface area (TPSA) is 97.1 Å². The first kappa shape index (κ1) is 12.5. The fourth-order valence-corrected chi connectivity index (χ4v) is 2.38. The van der Waals surface area contributed by atoms with Crippen LogP contribution in [0.1, 0.15) is 5.82 Å². The van der Waals surface area contributed by atoms with Crippen molar-refractivity contribution in [1.29, 1.82) is 0 Å². The maximum atomic E-state index is 11.9. The maximum absolute atomic E-state index is 11.9. The van der Waals surface area contributed by atoms with Crippen LogP contribution in [0, 0.1) is 0 Å². The average molecular weight is 268 g/mol. The molecule has 0 aliphatic heterocycles. The summed E-state index contributed by atoms with van der Waals surface area (Å²) in [6.07, 6.45) is 1.48. The molecule has 2 N–H and O–H groups in total. The molecule has 0 radical (unpaired) electrons. The van der Waals surface area contributed by atoms with Gasteiger partial charge in [0.2, 0.25) is 10.0 Å². The molecule has 0 bridgehead atoms. The summed E-state index contributed by atoms with van der Waals surface area (Å²) in [6.45, 7) is -0.00116. The van der Waals surface area contributed by atoms with E-state index in [0.717, 1.165) is 0 Å². The highest BCUT2D eigenvalue weighted by Gasteiger charge is 2.14. The van der Waals surface area contributed by atoms with Gasteiger partial charge >= 0.3 is 0 Å². The number of aromatic nitrogens is 3. The lowest BCUT2D eigenvalue weighted by Crippen LogP contribution is -2.23. The van der Waals surface area contributed by atoms with Crippen LogP contribution in [0.15, 0.2) is 35.5 Å². The van der Waals surface area contributed by atoms with E-state index in [1.165, 1.54) is 35.3 Å². The second-order valence-electron chi connectivity index (χ2n) is 3.66. The molecule has 0 fully saturated rings. The Bertz CT molecular complexity index is 651. The van der Waals surface area contributed by atoms with E-state index >= 15 is 0 Å². The van der Waals surface area contributed by atoms with Gasteiger partial charge in [-0.2, -0.15) is 5.10 Å². The van der Waals surface area contributed by atoms with E-state index in [1.54, 1.807) is 7.05 Å². The minimum absolute atomic E-state index is 0.00116. The fourth-order valence-electron chi connectivity index (χ4n) is 1.36. The first-order valence-corrected chi connectivity index (χ1v) is 6.59. The SMILES string of the molecule is Cn1cnc(CNS(=O)(=O)c2cccc(O)c2)n1. The van der Waals surface area contributed by atoms with Gasteiger partial charge in [0.25, 0.3) is 0 Å². The number of aromatic hydroxyl groups is 1. The predicted molar refractivity (Wildman–Crippen MR) is 63.1 cm³/mol. The fraction of sp³-hybridized carbons (Fsp3) is 0.200. The molecule has 0 atom stereocenters. The molecule has 0 aliphatic rings. The van der Waals surface area contributed by atoms with Crippen LogP contribution in [0.4, 0.5) is 0 Å². The van der Waals surface area contributed by atoms with Gasteiger partial charge < -0.3 is 5.11 Å². The van der Waals surface area contributed by atoms with Crippen LogP contribution in [0.3, 0.4) is 0 Å². The first-order chi connectivity index (χ1) is 8.47. The molecule has 0 spiro atoms. The van der Waals surface area contributed by atoms with Crippen LogP contribution in [-0.2, 0) is 23.6 Å². The Balaban J connectivity index is 2.13. The van der Waals surface area contributed by atoms with E-state index in [0.29, 0.717) is 5.82 Å². The first-order valence-electron chi connectivity index (χ1n) is 5.10. The van der Waals surface area contributed by atoms with E-state index in [-0.39, 0.29) is 17.2 Å². The van der Waals surface area contributed by atoms with Crippen LogP contribution in [0.25, 0.3) is 0 Å². The van der Waals surface area contributed by atoms with Gasteiger partial charge in [0.05, 0.1) is 11.4 Å². The smallest absolute Gasteiger partial charge is 0.241 e. The van der Waals surface area contributed by atoms with Crippen molar-refractivity contribution in [3.63, 3.8) is 0 Å². The molecule has 1 aromatic heterocycles. The number of nitrogens with one attached hydrogen (secondary N) is 1. The van der Waals surface area contributed by atoms with Gasteiger partial charge in [-0.1, -0.05) is 6.07 Å². The number of hydrogen-bond donors (Lipinski definition) is 2. The highest BCUT2D eigenvalue weighted by Crippen LogP contribution is 2.15. The number of hydrogen-bond acceptors (Lipinski definition) is 5. The van der Waals surface area contributed by atoms with Gasteiger partial charge in [0, 0.05) is 7.05 Å². The van der Waals surface area contributed by atoms with Crippen molar-refractivity contribution in [2.24, 2.45) is 7.05 Å². The zero-order valence-electron chi connectivity index (χ0n) is 9.61. The van der Waals surface area contributed by atoms with Gasteiger partial charge in [0.15, 0.2) is 5.82 Å². The summed E-state index contributed by atoms with van der Waals surface area (Å²) < 4.78 is 27.6. The van der Waals surface area contributed by atoms with E-state index in [9.17, 15) is 13.5 Å². The lowest BCUT2D eigenvalue weighted by molar-refractivity contribution is 0.473. The van der Waals surface area contributed by atoms with Crippen molar-refractivity contribution in [3.05, 3.63) is 36.4 Å². The third-order valence-electron chi connectivity index (χ3n) is 2.20. The lowest BCUT2D eigenvalue weighted by atomic mass is 10.3. The third-order valence-corrected chi connectivity index (χ3v) is 3.59. The summed E-state index contributed by atoms with van der Waals surface area (Å²) in [5.74, 6) is 0.273. The molecule has 1 heterocycles. The second kappa shape index (κ2) is 4.75. The summed E-state index contributed by atoms with van der Waals surface area (Å²) in [5, 5.41) is 13.2. The maximum Gasteiger partial charge on any atom is 0.241 e. The summed E-state index contributed by atoms with van der Waals surface area (Å²) in [7, 11) is -1.98. The molecule has 8 heteroatoms. The number of phenolic OH excluding ortho intramolecular Hbond substituents is 1. The van der Waals surface area contributed by atoms with E-state index in [4.69, 9.17) is 0 Å². The van der Waals surface area contributed by atoms with Crippen LogP contribution in [-0.4, -0.2) is 28.3 Å². The highest BCUT2D eigenvalue weighted by atomic mass is 32.2. The predicted octanol–water partition coefficient (Wildman–Crippen LogP) is -0.000800. The zero-order valence-corrected chi connectivity index (χ0v) is 10.4. The van der Waals surface area contributed by atoms with E-state index in [2.05, 4.69) is 14.8 Å². The molecule has 1 aromatic carbocycles. The average Bonchev–Trinajstić information content (AvgIpc) is 2.73. The van der Waals surface area contributed by atoms with Crippen molar-refractivity contribution in [2.45, 2.75) is 11.4 Å². The Labute approximate surface area is 104 Å². The summed E-state index contributed by atoms with van der Waals surface area (Å²) in [4.78, 5) is 3.90. The van der Waals surface area contributed by atoms with E-state index < -0.39 is 10.0 Å². The number of aryl methyl sites for hydroxylation is 1. The Hall–Kier alpha value is -1.93. The quantitative estimate of drug-likeness (QED) is 0.813. The van der Waals surface area contributed by atoms with Crippen LogP contribution in [0.5, 0.6) is 5.75 Å². The zero-order chi connectivity index (χ0) is 13.2. The molecule has 0 saturated carbocycles. The van der Waals surface area contributed by atoms with Gasteiger partial charge in [-0.25, -0.2) is 18.1 Å². The molecular formula is C10H12N4O3S. The molecule has 2 rings (SSSR count). The van der Waals surface area contributed by atoms with E-state index in [1.807, 2.05) is 0 Å². The van der Waals surface area contributed by atoms with Crippen LogP contribution in [0.2, 0.25) is 0 Å². The molecule has 0 unspecified atom stereocenters. The normalized spacial score (nSPS) is 11.6. The van der Waals surface area contributed by atoms with Gasteiger partial charge in [-0.05, 0) is 18.2 Å². The molecule has 7 nitrogen and oxygen atoms in total. The largest absolute Gasteiger partial charge is 0.508 e. The standard InChI is InChI=1S/C10H12N4O3S/c1-14-7-11-10(13-14)6-12-18(16,17)9-4-2-3-8(15)5-9/h2-5,7,12,15H,6H2,1H3. The van der Waals surface area contributed by atoms with Crippen molar-refractivity contribution in [3.8, 4) is 5.75 Å². The molecule has 0 amide bonds. The van der Waals surface area contributed by atoms with Crippen LogP contribution >= 0.6 is 0 Å². The number of benzene rings is 1. The number of phenols is 1. The highest BCUT2D eigenvalue weighted by molar-refractivity contribution is 7.89. The molecule has 18 heavy (non-hydrogen) atoms. The monoisotopic (exact) mass is 268 g/mol. The Kier molecular flexibility index (Phi) is 3.30. The minimum atomic E-state index is -3.67. The summed E-state index contributed by atoms with van der Waals surface area (Å²) in [5.41, 5.74) is 0. The summed E-state index contributed by atoms with van der Waals surface area (Å²) >= 11 is 0. The third kappa shape index (κ3) is 2.84. The minimum Gasteiger partial charge on any atom is -0.508 e. The second-order valence-corrected chi connectivity index (χ2v) is 5.42. The van der Waals surface area contributed by atoms with Crippen LogP contribution < -0.4 is 4.72 Å². The van der Waals surface area contributed by atoms with Crippen molar-refractivity contribution in [2.75, 3.05) is 0 Å².